The van der Waals surface area contributed by atoms with E-state index in [4.69, 9.17) is 4.74 Å². The molecule has 0 radical (unpaired) electrons. The molecule has 0 aromatic heterocycles. The first kappa shape index (κ1) is 19.7. The molecule has 5 heteroatoms. The molecule has 2 aromatic carbocycles. The fraction of sp³-hybridized carbons (Fsp3) is 0.304. The number of ether oxygens (including phenoxy) is 1. The van der Waals surface area contributed by atoms with E-state index in [1.807, 2.05) is 37.3 Å². The van der Waals surface area contributed by atoms with Crippen LogP contribution < -0.4 is 0 Å². The lowest BCUT2D eigenvalue weighted by atomic mass is 9.98. The number of rotatable bonds is 7. The van der Waals surface area contributed by atoms with E-state index < -0.39 is 18.1 Å². The van der Waals surface area contributed by atoms with Crippen LogP contribution in [0, 0.1) is 0 Å². The van der Waals surface area contributed by atoms with E-state index in [2.05, 4.69) is 24.3 Å². The largest absolute Gasteiger partial charge is 0.480 e. The topological polar surface area (TPSA) is 66.8 Å². The van der Waals surface area contributed by atoms with Crippen molar-refractivity contribution in [1.29, 1.82) is 0 Å². The molecule has 146 valence electrons. The highest BCUT2D eigenvalue weighted by Gasteiger charge is 2.31. The molecule has 0 unspecified atom stereocenters. The molecular weight excluding hydrogens is 354 g/mol. The fourth-order valence-electron chi connectivity index (χ4n) is 3.56. The van der Waals surface area contributed by atoms with Gasteiger partial charge in [0.2, 0.25) is 0 Å². The average Bonchev–Trinajstić information content (AvgIpc) is 3.03. The number of carbonyl (C=O) groups excluding carboxylic acids is 1. The molecule has 1 atom stereocenters. The van der Waals surface area contributed by atoms with E-state index in [0.717, 1.165) is 28.7 Å². The molecule has 0 aliphatic heterocycles. The minimum absolute atomic E-state index is 0.0514. The van der Waals surface area contributed by atoms with Gasteiger partial charge >= 0.3 is 12.1 Å². The van der Waals surface area contributed by atoms with Crippen molar-refractivity contribution in [3.8, 4) is 11.1 Å². The molecule has 3 rings (SSSR count). The number of carboxylic acids is 1. The van der Waals surface area contributed by atoms with E-state index in [-0.39, 0.29) is 19.1 Å². The van der Waals surface area contributed by atoms with Crippen molar-refractivity contribution in [2.45, 2.75) is 32.2 Å². The number of amides is 1. The van der Waals surface area contributed by atoms with Gasteiger partial charge in [-0.25, -0.2) is 9.59 Å². The van der Waals surface area contributed by atoms with E-state index >= 15 is 0 Å². The number of benzene rings is 2. The van der Waals surface area contributed by atoms with E-state index in [9.17, 15) is 14.7 Å². The lowest BCUT2D eigenvalue weighted by Crippen LogP contribution is -2.44. The van der Waals surface area contributed by atoms with Crippen molar-refractivity contribution >= 4 is 12.1 Å². The Morgan fingerprint density at radius 2 is 1.64 bits per heavy atom. The van der Waals surface area contributed by atoms with Crippen LogP contribution in [0.5, 0.6) is 0 Å². The third kappa shape index (κ3) is 3.93. The molecule has 0 fully saturated rings. The van der Waals surface area contributed by atoms with Crippen LogP contribution in [-0.2, 0) is 9.53 Å². The van der Waals surface area contributed by atoms with Crippen molar-refractivity contribution in [2.75, 3.05) is 13.2 Å². The predicted octanol–water partition coefficient (Wildman–Crippen LogP) is 4.68. The SMILES string of the molecule is CCC=CCN(C(=O)OCC1c2ccccc2-c2ccccc21)[C@@H](C)C(=O)O. The van der Waals surface area contributed by atoms with Gasteiger partial charge in [-0.1, -0.05) is 67.6 Å². The lowest BCUT2D eigenvalue weighted by molar-refractivity contribution is -0.141. The molecule has 1 aliphatic rings. The quantitative estimate of drug-likeness (QED) is 0.710. The summed E-state index contributed by atoms with van der Waals surface area (Å²) in [6.07, 6.45) is 3.90. The maximum absolute atomic E-state index is 12.7. The van der Waals surface area contributed by atoms with Crippen LogP contribution in [0.25, 0.3) is 11.1 Å². The normalized spacial score (nSPS) is 13.8. The van der Waals surface area contributed by atoms with E-state index in [0.29, 0.717) is 0 Å². The Labute approximate surface area is 165 Å². The summed E-state index contributed by atoms with van der Waals surface area (Å²) in [5.74, 6) is -1.11. The van der Waals surface area contributed by atoms with Gasteiger partial charge in [-0.15, -0.1) is 0 Å². The Morgan fingerprint density at radius 3 is 2.18 bits per heavy atom. The van der Waals surface area contributed by atoms with Crippen LogP contribution in [0.3, 0.4) is 0 Å². The van der Waals surface area contributed by atoms with Crippen molar-refractivity contribution in [3.05, 3.63) is 71.8 Å². The minimum atomic E-state index is -1.06. The van der Waals surface area contributed by atoms with Gasteiger partial charge in [0.05, 0.1) is 0 Å². The van der Waals surface area contributed by atoms with Gasteiger partial charge in [-0.05, 0) is 35.6 Å². The number of carbonyl (C=O) groups is 2. The van der Waals surface area contributed by atoms with Crippen LogP contribution in [0.4, 0.5) is 4.79 Å². The monoisotopic (exact) mass is 379 g/mol. The van der Waals surface area contributed by atoms with Crippen LogP contribution in [-0.4, -0.2) is 41.3 Å². The number of hydrogen-bond donors (Lipinski definition) is 1. The number of nitrogens with zero attached hydrogens (tertiary/aromatic N) is 1. The summed E-state index contributed by atoms with van der Waals surface area (Å²) in [6, 6.07) is 15.2. The molecule has 5 nitrogen and oxygen atoms in total. The summed E-state index contributed by atoms with van der Waals surface area (Å²) in [4.78, 5) is 25.3. The van der Waals surface area contributed by atoms with Crippen molar-refractivity contribution in [2.24, 2.45) is 0 Å². The third-order valence-electron chi connectivity index (χ3n) is 5.10. The maximum atomic E-state index is 12.7. The second-order valence-corrected chi connectivity index (χ2v) is 6.85. The maximum Gasteiger partial charge on any atom is 0.410 e. The summed E-state index contributed by atoms with van der Waals surface area (Å²) in [5, 5.41) is 9.32. The first-order chi connectivity index (χ1) is 13.5. The minimum Gasteiger partial charge on any atom is -0.480 e. The number of aliphatic carboxylic acids is 1. The van der Waals surface area contributed by atoms with Crippen molar-refractivity contribution in [1.82, 2.24) is 4.90 Å². The zero-order chi connectivity index (χ0) is 20.1. The molecule has 0 heterocycles. The highest BCUT2D eigenvalue weighted by Crippen LogP contribution is 2.44. The van der Waals surface area contributed by atoms with Crippen LogP contribution >= 0.6 is 0 Å². The lowest BCUT2D eigenvalue weighted by Gasteiger charge is -2.25. The number of hydrogen-bond acceptors (Lipinski definition) is 3. The first-order valence-corrected chi connectivity index (χ1v) is 9.54. The van der Waals surface area contributed by atoms with Gasteiger partial charge in [0.15, 0.2) is 0 Å². The molecule has 0 saturated carbocycles. The van der Waals surface area contributed by atoms with E-state index in [1.54, 1.807) is 6.08 Å². The van der Waals surface area contributed by atoms with Crippen LogP contribution in [0.1, 0.15) is 37.3 Å². The zero-order valence-corrected chi connectivity index (χ0v) is 16.2. The molecule has 0 bridgehead atoms. The smallest absolute Gasteiger partial charge is 0.410 e. The summed E-state index contributed by atoms with van der Waals surface area (Å²) in [7, 11) is 0. The number of fused-ring (bicyclic) bond motifs is 3. The number of carboxylic acid groups (broad SMARTS) is 1. The van der Waals surface area contributed by atoms with Gasteiger partial charge in [-0.2, -0.15) is 0 Å². The molecule has 0 saturated heterocycles. The van der Waals surface area contributed by atoms with Crippen LogP contribution in [0.15, 0.2) is 60.7 Å². The Balaban J connectivity index is 1.77. The highest BCUT2D eigenvalue weighted by atomic mass is 16.6. The van der Waals surface area contributed by atoms with Gasteiger partial charge < -0.3 is 9.84 Å². The summed E-state index contributed by atoms with van der Waals surface area (Å²) >= 11 is 0. The molecule has 1 amide bonds. The predicted molar refractivity (Wildman–Crippen MR) is 108 cm³/mol. The van der Waals surface area contributed by atoms with Crippen LogP contribution in [0.2, 0.25) is 0 Å². The Bertz CT molecular complexity index is 844. The third-order valence-corrected chi connectivity index (χ3v) is 5.10. The highest BCUT2D eigenvalue weighted by molar-refractivity contribution is 5.81. The standard InChI is InChI=1S/C23H25NO4/c1-3-4-9-14-24(16(2)22(25)26)23(27)28-15-21-19-12-7-5-10-17(19)18-11-6-8-13-20(18)21/h4-13,16,21H,3,14-15H2,1-2H3,(H,25,26)/t16-/m0/s1. The Kier molecular flexibility index (Phi) is 6.14. The Morgan fingerprint density at radius 1 is 1.07 bits per heavy atom. The van der Waals surface area contributed by atoms with Gasteiger partial charge in [0.1, 0.15) is 12.6 Å². The second-order valence-electron chi connectivity index (χ2n) is 6.85. The molecule has 1 aliphatic carbocycles. The Hall–Kier alpha value is -3.08. The fourth-order valence-corrected chi connectivity index (χ4v) is 3.56. The molecular formula is C23H25NO4. The summed E-state index contributed by atoms with van der Waals surface area (Å²) in [6.45, 7) is 3.85. The molecule has 0 spiro atoms. The van der Waals surface area contributed by atoms with Gasteiger partial charge in [0.25, 0.3) is 0 Å². The van der Waals surface area contributed by atoms with Crippen molar-refractivity contribution < 1.29 is 19.4 Å². The number of allylic oxidation sites excluding steroid dienone is 1. The summed E-state index contributed by atoms with van der Waals surface area (Å²) in [5.41, 5.74) is 4.56. The molecule has 28 heavy (non-hydrogen) atoms. The molecule has 2 aromatic rings. The van der Waals surface area contributed by atoms with Gasteiger partial charge in [-0.3, -0.25) is 4.90 Å². The second kappa shape index (κ2) is 8.74. The van der Waals surface area contributed by atoms with Gasteiger partial charge in [0, 0.05) is 12.5 Å². The molecule has 1 N–H and O–H groups in total. The average molecular weight is 379 g/mol. The van der Waals surface area contributed by atoms with E-state index in [1.165, 1.54) is 11.8 Å². The first-order valence-electron chi connectivity index (χ1n) is 9.54. The summed E-state index contributed by atoms with van der Waals surface area (Å²) < 4.78 is 5.59. The zero-order valence-electron chi connectivity index (χ0n) is 16.2. The van der Waals surface area contributed by atoms with Crippen molar-refractivity contribution in [3.63, 3.8) is 0 Å².